The molecule has 1 aromatic carbocycles. The Bertz CT molecular complexity index is 595. The van der Waals surface area contributed by atoms with Gasteiger partial charge in [0.1, 0.15) is 6.04 Å². The maximum atomic E-state index is 12.2. The largest absolute Gasteiger partial charge is 0.467 e. The lowest BCUT2D eigenvalue weighted by Gasteiger charge is -2.40. The molecule has 8 heteroatoms. The SMILES string of the molecule is COC(=O)[C@@H](Cc1ccc(Cl)cc1Cl)NC(=O)N1CC[C@H]1CO. The van der Waals surface area contributed by atoms with Crippen LogP contribution in [0.1, 0.15) is 12.0 Å². The van der Waals surface area contributed by atoms with Crippen LogP contribution in [0, 0.1) is 0 Å². The Kier molecular flexibility index (Phi) is 6.10. The molecule has 0 bridgehead atoms. The van der Waals surface area contributed by atoms with Crippen molar-refractivity contribution < 1.29 is 19.4 Å². The Labute approximate surface area is 144 Å². The van der Waals surface area contributed by atoms with E-state index in [1.54, 1.807) is 18.2 Å². The number of rotatable bonds is 5. The number of likely N-dealkylation sites (tertiary alicyclic amines) is 1. The van der Waals surface area contributed by atoms with Gasteiger partial charge in [-0.05, 0) is 24.1 Å². The van der Waals surface area contributed by atoms with Gasteiger partial charge in [-0.15, -0.1) is 0 Å². The van der Waals surface area contributed by atoms with E-state index < -0.39 is 18.0 Å². The van der Waals surface area contributed by atoms with Crippen LogP contribution in [0.15, 0.2) is 18.2 Å². The molecule has 0 unspecified atom stereocenters. The second kappa shape index (κ2) is 7.86. The number of amides is 2. The number of halogens is 2. The van der Waals surface area contributed by atoms with Crippen LogP contribution in [0.25, 0.3) is 0 Å². The normalized spacial score (nSPS) is 18.1. The Morgan fingerprint density at radius 3 is 2.74 bits per heavy atom. The van der Waals surface area contributed by atoms with E-state index in [4.69, 9.17) is 33.0 Å². The predicted octanol–water partition coefficient (Wildman–Crippen LogP) is 1.85. The monoisotopic (exact) mass is 360 g/mol. The number of carbonyl (C=O) groups is 2. The van der Waals surface area contributed by atoms with E-state index >= 15 is 0 Å². The maximum absolute atomic E-state index is 12.2. The van der Waals surface area contributed by atoms with Crippen molar-refractivity contribution in [2.24, 2.45) is 0 Å². The van der Waals surface area contributed by atoms with Gasteiger partial charge in [-0.2, -0.15) is 0 Å². The molecule has 2 N–H and O–H groups in total. The van der Waals surface area contributed by atoms with Crippen molar-refractivity contribution in [1.82, 2.24) is 10.2 Å². The summed E-state index contributed by atoms with van der Waals surface area (Å²) in [6.07, 6.45) is 0.932. The predicted molar refractivity (Wildman–Crippen MR) is 86.7 cm³/mol. The zero-order valence-corrected chi connectivity index (χ0v) is 14.1. The van der Waals surface area contributed by atoms with Crippen molar-refractivity contribution in [3.63, 3.8) is 0 Å². The molecule has 1 aliphatic heterocycles. The summed E-state index contributed by atoms with van der Waals surface area (Å²) in [7, 11) is 1.26. The second-order valence-corrected chi connectivity index (χ2v) is 6.13. The summed E-state index contributed by atoms with van der Waals surface area (Å²) in [5.41, 5.74) is 0.675. The third-order valence-electron chi connectivity index (χ3n) is 3.84. The van der Waals surface area contributed by atoms with Crippen LogP contribution in [-0.4, -0.2) is 54.4 Å². The van der Waals surface area contributed by atoms with Crippen LogP contribution in [0.2, 0.25) is 10.0 Å². The number of methoxy groups -OCH3 is 1. The van der Waals surface area contributed by atoms with E-state index in [1.165, 1.54) is 12.0 Å². The van der Waals surface area contributed by atoms with E-state index in [1.807, 2.05) is 0 Å². The minimum absolute atomic E-state index is 0.0979. The zero-order chi connectivity index (χ0) is 17.0. The third-order valence-corrected chi connectivity index (χ3v) is 4.43. The van der Waals surface area contributed by atoms with Crippen molar-refractivity contribution in [2.75, 3.05) is 20.3 Å². The number of aliphatic hydroxyl groups excluding tert-OH is 1. The van der Waals surface area contributed by atoms with Gasteiger partial charge in [0.2, 0.25) is 0 Å². The molecule has 6 nitrogen and oxygen atoms in total. The first-order chi connectivity index (χ1) is 11.0. The molecule has 1 saturated heterocycles. The molecule has 2 rings (SSSR count). The number of nitrogens with one attached hydrogen (secondary N) is 1. The number of nitrogens with zero attached hydrogens (tertiary/aromatic N) is 1. The lowest BCUT2D eigenvalue weighted by atomic mass is 10.0. The van der Waals surface area contributed by atoms with Gasteiger partial charge in [-0.1, -0.05) is 29.3 Å². The van der Waals surface area contributed by atoms with Crippen LogP contribution in [0.5, 0.6) is 0 Å². The quantitative estimate of drug-likeness (QED) is 0.785. The van der Waals surface area contributed by atoms with Gasteiger partial charge in [0.05, 0.1) is 19.8 Å². The average molecular weight is 361 g/mol. The van der Waals surface area contributed by atoms with Gasteiger partial charge in [-0.3, -0.25) is 0 Å². The summed E-state index contributed by atoms with van der Waals surface area (Å²) in [5, 5.41) is 12.7. The van der Waals surface area contributed by atoms with Crippen LogP contribution in [-0.2, 0) is 16.0 Å². The molecule has 1 fully saturated rings. The van der Waals surface area contributed by atoms with Gasteiger partial charge in [0.15, 0.2) is 0 Å². The van der Waals surface area contributed by atoms with Crippen LogP contribution in [0.3, 0.4) is 0 Å². The number of aliphatic hydroxyl groups is 1. The fraction of sp³-hybridized carbons (Fsp3) is 0.467. The highest BCUT2D eigenvalue weighted by Gasteiger charge is 2.34. The average Bonchev–Trinajstić information content (AvgIpc) is 2.47. The zero-order valence-electron chi connectivity index (χ0n) is 12.6. The first-order valence-corrected chi connectivity index (χ1v) is 7.91. The fourth-order valence-electron chi connectivity index (χ4n) is 2.37. The van der Waals surface area contributed by atoms with Crippen molar-refractivity contribution in [3.05, 3.63) is 33.8 Å². The number of ether oxygens (including phenoxy) is 1. The molecule has 1 aliphatic rings. The molecule has 1 aromatic rings. The minimum atomic E-state index is -0.869. The summed E-state index contributed by atoms with van der Waals surface area (Å²) in [5.74, 6) is -0.564. The van der Waals surface area contributed by atoms with E-state index in [9.17, 15) is 9.59 Å². The van der Waals surface area contributed by atoms with E-state index in [-0.39, 0.29) is 19.1 Å². The minimum Gasteiger partial charge on any atom is -0.467 e. The molecular weight excluding hydrogens is 343 g/mol. The number of carbonyl (C=O) groups excluding carboxylic acids is 2. The molecule has 2 atom stereocenters. The molecule has 126 valence electrons. The number of hydrogen-bond donors (Lipinski definition) is 2. The second-order valence-electron chi connectivity index (χ2n) is 5.28. The highest BCUT2D eigenvalue weighted by molar-refractivity contribution is 6.35. The summed E-state index contributed by atoms with van der Waals surface area (Å²) in [4.78, 5) is 25.6. The number of urea groups is 1. The molecule has 2 amide bonds. The summed E-state index contributed by atoms with van der Waals surface area (Å²) < 4.78 is 4.74. The van der Waals surface area contributed by atoms with Crippen molar-refractivity contribution in [1.29, 1.82) is 0 Å². The molecule has 0 spiro atoms. The van der Waals surface area contributed by atoms with Gasteiger partial charge >= 0.3 is 12.0 Å². The summed E-state index contributed by atoms with van der Waals surface area (Å²) >= 11 is 12.0. The molecule has 1 heterocycles. The Morgan fingerprint density at radius 2 is 2.22 bits per heavy atom. The standard InChI is InChI=1S/C15H18Cl2N2O4/c1-23-14(21)13(6-9-2-3-10(16)7-12(9)17)18-15(22)19-5-4-11(19)8-20/h2-3,7,11,13,20H,4-6,8H2,1H3,(H,18,22)/t11-,13+/m0/s1. The first kappa shape index (κ1) is 17.8. The summed E-state index contributed by atoms with van der Waals surface area (Å²) in [6, 6.07) is 3.46. The maximum Gasteiger partial charge on any atom is 0.328 e. The van der Waals surface area contributed by atoms with Gasteiger partial charge in [0.25, 0.3) is 0 Å². The van der Waals surface area contributed by atoms with E-state index in [0.717, 1.165) is 6.42 Å². The highest BCUT2D eigenvalue weighted by atomic mass is 35.5. The van der Waals surface area contributed by atoms with Crippen molar-refractivity contribution in [3.8, 4) is 0 Å². The number of benzene rings is 1. The Morgan fingerprint density at radius 1 is 1.48 bits per heavy atom. The van der Waals surface area contributed by atoms with Crippen LogP contribution >= 0.6 is 23.2 Å². The number of esters is 1. The van der Waals surface area contributed by atoms with E-state index in [2.05, 4.69) is 5.32 Å². The van der Waals surface area contributed by atoms with Crippen molar-refractivity contribution in [2.45, 2.75) is 24.9 Å². The molecule has 0 aromatic heterocycles. The fourth-order valence-corrected chi connectivity index (χ4v) is 2.86. The molecule has 0 aliphatic carbocycles. The molecule has 0 saturated carbocycles. The van der Waals surface area contributed by atoms with E-state index in [0.29, 0.717) is 22.2 Å². The lowest BCUT2D eigenvalue weighted by molar-refractivity contribution is -0.142. The highest BCUT2D eigenvalue weighted by Crippen LogP contribution is 2.23. The topological polar surface area (TPSA) is 78.9 Å². The molecular formula is C15H18Cl2N2O4. The van der Waals surface area contributed by atoms with Crippen LogP contribution in [0.4, 0.5) is 4.79 Å². The Balaban J connectivity index is 2.08. The third kappa shape index (κ3) is 4.28. The first-order valence-electron chi connectivity index (χ1n) is 7.16. The smallest absolute Gasteiger partial charge is 0.328 e. The van der Waals surface area contributed by atoms with Gasteiger partial charge in [-0.25, -0.2) is 9.59 Å². The van der Waals surface area contributed by atoms with Gasteiger partial charge in [0, 0.05) is 23.0 Å². The van der Waals surface area contributed by atoms with Crippen LogP contribution < -0.4 is 5.32 Å². The molecule has 23 heavy (non-hydrogen) atoms. The lowest BCUT2D eigenvalue weighted by Crippen LogP contribution is -2.59. The Hall–Kier alpha value is -1.50. The molecule has 0 radical (unpaired) electrons. The number of hydrogen-bond acceptors (Lipinski definition) is 4. The summed E-state index contributed by atoms with van der Waals surface area (Å²) in [6.45, 7) is 0.450. The van der Waals surface area contributed by atoms with Crippen molar-refractivity contribution >= 4 is 35.2 Å². The van der Waals surface area contributed by atoms with Gasteiger partial charge < -0.3 is 20.1 Å².